The van der Waals surface area contributed by atoms with E-state index < -0.39 is 0 Å². The van der Waals surface area contributed by atoms with Crippen LogP contribution < -0.4 is 4.90 Å². The smallest absolute Gasteiger partial charge is 0.0742 e. The van der Waals surface area contributed by atoms with E-state index in [-0.39, 0.29) is 0 Å². The molecule has 0 aliphatic carbocycles. The first kappa shape index (κ1) is 19.4. The topological polar surface area (TPSA) is 7.68 Å². The minimum atomic E-state index is 0.615. The summed E-state index contributed by atoms with van der Waals surface area (Å²) in [5.41, 5.74) is 0. The van der Waals surface area contributed by atoms with Crippen LogP contribution in [0.5, 0.6) is 0 Å². The second-order valence-corrected chi connectivity index (χ2v) is 5.10. The molecule has 17 heavy (non-hydrogen) atoms. The van der Waals surface area contributed by atoms with Gasteiger partial charge in [-0.3, -0.25) is 0 Å². The van der Waals surface area contributed by atoms with Crippen molar-refractivity contribution in [2.75, 3.05) is 32.7 Å². The first-order valence-electron chi connectivity index (χ1n) is 6.86. The highest BCUT2D eigenvalue weighted by molar-refractivity contribution is 8.00. The first-order chi connectivity index (χ1) is 8.06. The van der Waals surface area contributed by atoms with Crippen LogP contribution in [-0.2, 0) is 12.6 Å². The van der Waals surface area contributed by atoms with E-state index in [9.17, 15) is 0 Å². The van der Waals surface area contributed by atoms with Crippen LogP contribution in [0.2, 0.25) is 0 Å². The minimum Gasteiger partial charge on any atom is -0.411 e. The molecule has 2 nitrogen and oxygen atoms in total. The Kier molecular flexibility index (Phi) is 16.1. The molecule has 0 rings (SSSR count). The van der Waals surface area contributed by atoms with Crippen LogP contribution in [0.25, 0.3) is 0 Å². The maximum absolute atomic E-state index is 4.89. The number of hydrogen-bond donors (Lipinski definition) is 1. The number of rotatable bonds is 7. The summed E-state index contributed by atoms with van der Waals surface area (Å²) in [4.78, 5) is 3.75. The Hall–Kier alpha value is 0.0700. The maximum Gasteiger partial charge on any atom is 0.0742 e. The molecule has 0 amide bonds. The van der Waals surface area contributed by atoms with Gasteiger partial charge in [0.05, 0.1) is 19.6 Å². The van der Waals surface area contributed by atoms with E-state index in [1.54, 1.807) is 4.90 Å². The lowest BCUT2D eigenvalue weighted by Gasteiger charge is -2.27. The zero-order chi connectivity index (χ0) is 13.7. The molecule has 0 saturated carbocycles. The number of thiocarbonyl (C=S) groups is 1. The summed E-state index contributed by atoms with van der Waals surface area (Å²) in [6.07, 6.45) is 2.24. The SMILES string of the molecule is CCCN(CCC)C(=S)[S-].CC[NH+](CC)CC. The van der Waals surface area contributed by atoms with Crippen molar-refractivity contribution in [3.8, 4) is 0 Å². The van der Waals surface area contributed by atoms with Gasteiger partial charge in [-0.1, -0.05) is 18.2 Å². The van der Waals surface area contributed by atoms with Gasteiger partial charge in [-0.05, 0) is 33.6 Å². The van der Waals surface area contributed by atoms with Crippen molar-refractivity contribution in [2.24, 2.45) is 0 Å². The number of quaternary nitrogens is 1. The molecule has 0 heterocycles. The number of nitrogens with zero attached hydrogens (tertiary/aromatic N) is 1. The third-order valence-electron chi connectivity index (χ3n) is 2.75. The molecule has 0 atom stereocenters. The van der Waals surface area contributed by atoms with Gasteiger partial charge in [0.25, 0.3) is 0 Å². The van der Waals surface area contributed by atoms with E-state index in [0.717, 1.165) is 25.9 Å². The average Bonchev–Trinajstić information content (AvgIpc) is 2.32. The van der Waals surface area contributed by atoms with E-state index in [1.807, 2.05) is 0 Å². The molecule has 0 saturated heterocycles. The monoisotopic (exact) mass is 278 g/mol. The molecule has 0 aromatic rings. The fourth-order valence-electron chi connectivity index (χ4n) is 1.58. The molecule has 0 radical (unpaired) electrons. The number of hydrogen-bond acceptors (Lipinski definition) is 2. The zero-order valence-electron chi connectivity index (χ0n) is 12.2. The Labute approximate surface area is 119 Å². The Morgan fingerprint density at radius 1 is 0.941 bits per heavy atom. The summed E-state index contributed by atoms with van der Waals surface area (Å²) in [7, 11) is 0. The predicted octanol–water partition coefficient (Wildman–Crippen LogP) is 1.87. The Morgan fingerprint density at radius 2 is 1.29 bits per heavy atom. The van der Waals surface area contributed by atoms with Crippen LogP contribution in [0.15, 0.2) is 0 Å². The third-order valence-corrected chi connectivity index (χ3v) is 3.26. The van der Waals surface area contributed by atoms with E-state index in [0.29, 0.717) is 4.32 Å². The van der Waals surface area contributed by atoms with Crippen molar-refractivity contribution < 1.29 is 4.90 Å². The molecule has 0 aliphatic heterocycles. The Bertz CT molecular complexity index is 159. The largest absolute Gasteiger partial charge is 0.411 e. The lowest BCUT2D eigenvalue weighted by atomic mass is 10.4. The molecule has 4 heteroatoms. The molecule has 0 aromatic heterocycles. The fraction of sp³-hybridized carbons (Fsp3) is 0.923. The van der Waals surface area contributed by atoms with Crippen molar-refractivity contribution in [3.05, 3.63) is 0 Å². The van der Waals surface area contributed by atoms with Crippen molar-refractivity contribution in [3.63, 3.8) is 0 Å². The van der Waals surface area contributed by atoms with Gasteiger partial charge in [0.15, 0.2) is 0 Å². The summed E-state index contributed by atoms with van der Waals surface area (Å²) < 4.78 is 0.615. The van der Waals surface area contributed by atoms with Gasteiger partial charge in [0.2, 0.25) is 0 Å². The van der Waals surface area contributed by atoms with Crippen LogP contribution in [0.1, 0.15) is 47.5 Å². The van der Waals surface area contributed by atoms with Gasteiger partial charge < -0.3 is 34.6 Å². The second-order valence-electron chi connectivity index (χ2n) is 4.06. The maximum atomic E-state index is 4.89. The molecule has 0 aromatic carbocycles. The molecule has 0 fully saturated rings. The first-order valence-corrected chi connectivity index (χ1v) is 7.68. The van der Waals surface area contributed by atoms with Gasteiger partial charge >= 0.3 is 0 Å². The van der Waals surface area contributed by atoms with Gasteiger partial charge in [-0.15, -0.1) is 0 Å². The quantitative estimate of drug-likeness (QED) is 0.562. The van der Waals surface area contributed by atoms with E-state index >= 15 is 0 Å². The molecule has 0 bridgehead atoms. The standard InChI is InChI=1S/C7H15NS2.C6H15N/c1-3-5-8(6-4-2)7(9)10;1-4-7(5-2)6-3/h3-6H2,1-2H3,(H,9,10);4-6H2,1-3H3. The Balaban J connectivity index is 0. The molecule has 104 valence electrons. The molecular weight excluding hydrogens is 248 g/mol. The molecular formula is C13H30N2S2. The zero-order valence-corrected chi connectivity index (χ0v) is 13.8. The summed E-state index contributed by atoms with van der Waals surface area (Å²) >= 11 is 9.78. The molecule has 0 spiro atoms. The van der Waals surface area contributed by atoms with Crippen LogP contribution >= 0.6 is 12.2 Å². The minimum absolute atomic E-state index is 0.615. The predicted molar refractivity (Wildman–Crippen MR) is 84.7 cm³/mol. The van der Waals surface area contributed by atoms with Gasteiger partial charge in [-0.25, -0.2) is 0 Å². The fourth-order valence-corrected chi connectivity index (χ4v) is 1.95. The highest BCUT2D eigenvalue weighted by atomic mass is 32.1. The second kappa shape index (κ2) is 14.1. The van der Waals surface area contributed by atoms with Crippen LogP contribution in [0.3, 0.4) is 0 Å². The summed E-state index contributed by atoms with van der Waals surface area (Å²) in [5.74, 6) is 0. The Morgan fingerprint density at radius 3 is 1.41 bits per heavy atom. The van der Waals surface area contributed by atoms with Crippen molar-refractivity contribution in [1.82, 2.24) is 4.90 Å². The van der Waals surface area contributed by atoms with Gasteiger partial charge in [0.1, 0.15) is 0 Å². The van der Waals surface area contributed by atoms with Crippen molar-refractivity contribution in [1.29, 1.82) is 0 Å². The lowest BCUT2D eigenvalue weighted by molar-refractivity contribution is -0.894. The lowest BCUT2D eigenvalue weighted by Crippen LogP contribution is -3.11. The van der Waals surface area contributed by atoms with Crippen molar-refractivity contribution in [2.45, 2.75) is 47.5 Å². The molecule has 1 N–H and O–H groups in total. The molecule has 0 aliphatic rings. The summed E-state index contributed by atoms with van der Waals surface area (Å²) in [6.45, 7) is 16.8. The highest BCUT2D eigenvalue weighted by Gasteiger charge is 1.95. The van der Waals surface area contributed by atoms with Crippen molar-refractivity contribution >= 4 is 29.2 Å². The van der Waals surface area contributed by atoms with Crippen LogP contribution in [0.4, 0.5) is 0 Å². The van der Waals surface area contributed by atoms with E-state index in [4.69, 9.17) is 24.8 Å². The van der Waals surface area contributed by atoms with E-state index in [1.165, 1.54) is 19.6 Å². The number of nitrogens with one attached hydrogen (secondary N) is 1. The average molecular weight is 279 g/mol. The molecule has 0 unspecified atom stereocenters. The van der Waals surface area contributed by atoms with Gasteiger partial charge in [0, 0.05) is 13.1 Å². The normalized spacial score (nSPS) is 9.76. The summed E-state index contributed by atoms with van der Waals surface area (Å²) in [6, 6.07) is 0. The van der Waals surface area contributed by atoms with Gasteiger partial charge in [-0.2, -0.15) is 0 Å². The summed E-state index contributed by atoms with van der Waals surface area (Å²) in [5, 5.41) is 0. The van der Waals surface area contributed by atoms with Crippen LogP contribution in [-0.4, -0.2) is 41.9 Å². The van der Waals surface area contributed by atoms with Crippen LogP contribution in [0, 0.1) is 0 Å². The highest BCUT2D eigenvalue weighted by Crippen LogP contribution is 1.95. The third kappa shape index (κ3) is 12.3. The van der Waals surface area contributed by atoms with E-state index in [2.05, 4.69) is 39.5 Å².